The van der Waals surface area contributed by atoms with Crippen LogP contribution in [0.15, 0.2) is 0 Å². The summed E-state index contributed by atoms with van der Waals surface area (Å²) in [6.07, 6.45) is 1.39. The normalized spacial score (nSPS) is 15.0. The van der Waals surface area contributed by atoms with Gasteiger partial charge in [-0.25, -0.2) is 0 Å². The van der Waals surface area contributed by atoms with Crippen molar-refractivity contribution in [3.63, 3.8) is 0 Å². The predicted octanol–water partition coefficient (Wildman–Crippen LogP) is 5.20. The van der Waals surface area contributed by atoms with Gasteiger partial charge in [-0.15, -0.1) is 0 Å². The topological polar surface area (TPSA) is 43.4 Å². The molecule has 3 nitrogen and oxygen atoms in total. The van der Waals surface area contributed by atoms with Crippen LogP contribution in [0.3, 0.4) is 0 Å². The first-order valence-corrected chi connectivity index (χ1v) is 10.6. The molecule has 0 unspecified atom stereocenters. The van der Waals surface area contributed by atoms with E-state index in [1.165, 1.54) is 0 Å². The second-order valence-electron chi connectivity index (χ2n) is 6.72. The molecule has 0 aliphatic carbocycles. The molecule has 0 saturated carbocycles. The monoisotopic (exact) mass is 348 g/mol. The van der Waals surface area contributed by atoms with Crippen molar-refractivity contribution < 1.29 is 25.5 Å². The van der Waals surface area contributed by atoms with Gasteiger partial charge in [-0.1, -0.05) is 54.9 Å². The molecule has 0 N–H and O–H groups in total. The molecule has 0 aliphatic heterocycles. The fourth-order valence-corrected chi connectivity index (χ4v) is 13.0. The zero-order chi connectivity index (χ0) is 17.3. The van der Waals surface area contributed by atoms with Gasteiger partial charge < -0.3 is 3.87 Å². The molecule has 0 fully saturated rings. The van der Waals surface area contributed by atoms with Gasteiger partial charge in [-0.05, 0) is 22.5 Å². The lowest BCUT2D eigenvalue weighted by Gasteiger charge is -2.49. The smallest absolute Gasteiger partial charge is 0.307 e. The average molecular weight is 349 g/mol. The summed E-state index contributed by atoms with van der Waals surface area (Å²) in [6.45, 7) is 12.6. The van der Waals surface area contributed by atoms with Crippen molar-refractivity contribution in [3.8, 4) is 0 Å². The van der Waals surface area contributed by atoms with E-state index in [1.807, 2.05) is 20.8 Å². The molecule has 0 amide bonds. The lowest BCUT2D eigenvalue weighted by Crippen LogP contribution is -2.56. The zero-order valence-corrected chi connectivity index (χ0v) is 15.7. The Balaban J connectivity index is 6.10. The molecular weight excluding hydrogens is 321 g/mol. The van der Waals surface area contributed by atoms with Crippen LogP contribution in [0, 0.1) is 0 Å². The summed E-state index contributed by atoms with van der Waals surface area (Å²) >= 11 is 0. The zero-order valence-electron chi connectivity index (χ0n) is 13.8. The third-order valence-corrected chi connectivity index (χ3v) is 12.5. The van der Waals surface area contributed by atoms with Gasteiger partial charge in [-0.2, -0.15) is 21.6 Å². The molecule has 0 aliphatic rings. The molecule has 0 spiro atoms. The number of hydrogen-bond acceptors (Lipinski definition) is 3. The Bertz CT molecular complexity index is 434. The minimum absolute atomic E-state index is 0.254. The fourth-order valence-electron chi connectivity index (χ4n) is 3.58. The second-order valence-corrected chi connectivity index (χ2v) is 14.0. The quantitative estimate of drug-likeness (QED) is 0.469. The molecule has 128 valence electrons. The highest BCUT2D eigenvalue weighted by atomic mass is 32.2. The van der Waals surface area contributed by atoms with E-state index < -0.39 is 29.0 Å². The Labute approximate surface area is 127 Å². The van der Waals surface area contributed by atoms with Crippen LogP contribution in [-0.2, 0) is 14.0 Å². The van der Waals surface area contributed by atoms with Crippen LogP contribution in [0.25, 0.3) is 0 Å². The van der Waals surface area contributed by atoms with Gasteiger partial charge in [-0.3, -0.25) is 0 Å². The van der Waals surface area contributed by atoms with Gasteiger partial charge in [0, 0.05) is 0 Å². The second kappa shape index (κ2) is 6.58. The number of alkyl halides is 3. The molecule has 0 aromatic heterocycles. The fraction of sp³-hybridized carbons (Fsp3) is 1.00. The van der Waals surface area contributed by atoms with Gasteiger partial charge in [0.15, 0.2) is 0 Å². The minimum Gasteiger partial charge on any atom is -0.307 e. The van der Waals surface area contributed by atoms with Crippen molar-refractivity contribution >= 4 is 18.4 Å². The van der Waals surface area contributed by atoms with Gasteiger partial charge >= 0.3 is 15.6 Å². The van der Waals surface area contributed by atoms with Crippen molar-refractivity contribution in [1.29, 1.82) is 0 Å². The van der Waals surface area contributed by atoms with Crippen LogP contribution in [0.5, 0.6) is 0 Å². The van der Waals surface area contributed by atoms with Crippen molar-refractivity contribution in [2.45, 2.75) is 82.9 Å². The standard InChI is InChI=1S/C13H27F3O3SSi/c1-8-9-12(6,7)21(10(2)3,11(4)5)19-20(17,18)13(14,15)16/h10-11H,8-9H2,1-7H3. The summed E-state index contributed by atoms with van der Waals surface area (Å²) in [5.74, 6) is 0. The maximum absolute atomic E-state index is 12.8. The Kier molecular flexibility index (Phi) is 6.55. The lowest BCUT2D eigenvalue weighted by atomic mass is 10.1. The van der Waals surface area contributed by atoms with Crippen LogP contribution in [-0.4, -0.2) is 22.2 Å². The van der Waals surface area contributed by atoms with Crippen molar-refractivity contribution in [1.82, 2.24) is 0 Å². The summed E-state index contributed by atoms with van der Waals surface area (Å²) in [7, 11) is -8.84. The van der Waals surface area contributed by atoms with Crippen molar-refractivity contribution in [3.05, 3.63) is 0 Å². The van der Waals surface area contributed by atoms with Crippen LogP contribution in [0.1, 0.15) is 61.3 Å². The Morgan fingerprint density at radius 1 is 1.05 bits per heavy atom. The third kappa shape index (κ3) is 4.01. The summed E-state index contributed by atoms with van der Waals surface area (Å²) in [6, 6.07) is 0. The van der Waals surface area contributed by atoms with Crippen LogP contribution < -0.4 is 0 Å². The number of rotatable bonds is 7. The highest BCUT2D eigenvalue weighted by Crippen LogP contribution is 2.55. The summed E-state index contributed by atoms with van der Waals surface area (Å²) in [5, 5.41) is -0.581. The van der Waals surface area contributed by atoms with Crippen molar-refractivity contribution in [2.24, 2.45) is 0 Å². The third-order valence-electron chi connectivity index (χ3n) is 4.18. The largest absolute Gasteiger partial charge is 0.522 e. The molecule has 21 heavy (non-hydrogen) atoms. The first-order valence-electron chi connectivity index (χ1n) is 7.17. The van der Waals surface area contributed by atoms with Gasteiger partial charge in [0.05, 0.1) is 0 Å². The highest BCUT2D eigenvalue weighted by Gasteiger charge is 2.60. The van der Waals surface area contributed by atoms with E-state index in [9.17, 15) is 21.6 Å². The number of halogens is 3. The van der Waals surface area contributed by atoms with E-state index in [1.54, 1.807) is 27.7 Å². The van der Waals surface area contributed by atoms with Gasteiger partial charge in [0.2, 0.25) is 8.32 Å². The molecule has 8 heteroatoms. The molecule has 0 atom stereocenters. The van der Waals surface area contributed by atoms with Crippen LogP contribution in [0.2, 0.25) is 16.1 Å². The maximum Gasteiger partial charge on any atom is 0.522 e. The average Bonchev–Trinajstić information content (AvgIpc) is 2.22. The van der Waals surface area contributed by atoms with E-state index in [0.29, 0.717) is 6.42 Å². The van der Waals surface area contributed by atoms with E-state index in [0.717, 1.165) is 6.42 Å². The Morgan fingerprint density at radius 3 is 1.67 bits per heavy atom. The minimum atomic E-state index is -5.59. The van der Waals surface area contributed by atoms with Crippen LogP contribution >= 0.6 is 0 Å². The molecule has 0 heterocycles. The maximum atomic E-state index is 12.8. The Hall–Kier alpha value is -0.0831. The SMILES string of the molecule is CCCC(C)(C)[Si](OS(=O)(=O)C(F)(F)F)(C(C)C)C(C)C. The molecule has 0 saturated heterocycles. The van der Waals surface area contributed by atoms with Gasteiger partial charge in [0.25, 0.3) is 0 Å². The first-order chi connectivity index (χ1) is 9.15. The van der Waals surface area contributed by atoms with E-state index in [-0.39, 0.29) is 11.1 Å². The number of hydrogen-bond donors (Lipinski definition) is 0. The Morgan fingerprint density at radius 2 is 1.43 bits per heavy atom. The molecule has 0 rings (SSSR count). The van der Waals surface area contributed by atoms with E-state index in [2.05, 4.69) is 0 Å². The summed E-state index contributed by atoms with van der Waals surface area (Å²) in [5.41, 5.74) is -5.88. The molecule has 0 aromatic carbocycles. The molecular formula is C13H27F3O3SSi. The van der Waals surface area contributed by atoms with Crippen molar-refractivity contribution in [2.75, 3.05) is 0 Å². The predicted molar refractivity (Wildman–Crippen MR) is 81.0 cm³/mol. The van der Waals surface area contributed by atoms with Crippen LogP contribution in [0.4, 0.5) is 13.2 Å². The van der Waals surface area contributed by atoms with E-state index in [4.69, 9.17) is 3.87 Å². The highest BCUT2D eigenvalue weighted by molar-refractivity contribution is 7.88. The molecule has 0 bridgehead atoms. The van der Waals surface area contributed by atoms with E-state index >= 15 is 0 Å². The lowest BCUT2D eigenvalue weighted by molar-refractivity contribution is -0.0507. The van der Waals surface area contributed by atoms with Gasteiger partial charge in [0.1, 0.15) is 0 Å². The summed E-state index contributed by atoms with van der Waals surface area (Å²) < 4.78 is 66.6. The molecule has 0 radical (unpaired) electrons. The molecule has 0 aromatic rings. The first kappa shape index (κ1) is 20.9. The summed E-state index contributed by atoms with van der Waals surface area (Å²) in [4.78, 5) is 0.